The summed E-state index contributed by atoms with van der Waals surface area (Å²) in [6.45, 7) is 0.0348. The SMILES string of the molecule is O=C(N1CC[C@@H](O)C1)N(Cc1ccc(-c2nnc(C(F)(F)F)o2)cc1F)c1ccc(F)c(Cl)c1. The van der Waals surface area contributed by atoms with Crippen LogP contribution in [0.4, 0.5) is 32.4 Å². The summed E-state index contributed by atoms with van der Waals surface area (Å²) in [6.07, 6.45) is -5.17. The van der Waals surface area contributed by atoms with Crippen LogP contribution in [0.3, 0.4) is 0 Å². The summed E-state index contributed by atoms with van der Waals surface area (Å²) >= 11 is 5.86. The normalized spacial score (nSPS) is 16.2. The Hall–Kier alpha value is -3.25. The van der Waals surface area contributed by atoms with Gasteiger partial charge in [0.05, 0.1) is 17.7 Å². The summed E-state index contributed by atoms with van der Waals surface area (Å²) in [5, 5.41) is 15.7. The number of likely N-dealkylation sites (tertiary alicyclic amines) is 1. The average Bonchev–Trinajstić information content (AvgIpc) is 3.44. The highest BCUT2D eigenvalue weighted by Crippen LogP contribution is 2.31. The van der Waals surface area contributed by atoms with Gasteiger partial charge in [-0.15, -0.1) is 10.2 Å². The van der Waals surface area contributed by atoms with Crippen molar-refractivity contribution in [2.75, 3.05) is 18.0 Å². The van der Waals surface area contributed by atoms with Crippen molar-refractivity contribution < 1.29 is 36.3 Å². The Labute approximate surface area is 194 Å². The molecule has 0 radical (unpaired) electrons. The van der Waals surface area contributed by atoms with Crippen molar-refractivity contribution in [3.05, 3.63) is 64.5 Å². The first-order chi connectivity index (χ1) is 16.0. The van der Waals surface area contributed by atoms with Crippen molar-refractivity contribution >= 4 is 23.3 Å². The van der Waals surface area contributed by atoms with Gasteiger partial charge >= 0.3 is 18.1 Å². The van der Waals surface area contributed by atoms with Crippen LogP contribution in [0.15, 0.2) is 40.8 Å². The quantitative estimate of drug-likeness (QED) is 0.514. The first kappa shape index (κ1) is 23.9. The van der Waals surface area contributed by atoms with E-state index < -0.39 is 41.7 Å². The molecule has 0 bridgehead atoms. The number of amides is 2. The fourth-order valence-electron chi connectivity index (χ4n) is 3.44. The van der Waals surface area contributed by atoms with Gasteiger partial charge in [0.2, 0.25) is 5.89 Å². The number of urea groups is 1. The predicted molar refractivity (Wildman–Crippen MR) is 110 cm³/mol. The van der Waals surface area contributed by atoms with Gasteiger partial charge in [0.15, 0.2) is 0 Å². The highest BCUT2D eigenvalue weighted by atomic mass is 35.5. The molecule has 1 aliphatic heterocycles. The zero-order valence-electron chi connectivity index (χ0n) is 17.2. The van der Waals surface area contributed by atoms with E-state index >= 15 is 0 Å². The molecule has 2 aromatic carbocycles. The Morgan fingerprint density at radius 1 is 1.18 bits per heavy atom. The standard InChI is InChI=1S/C21H16ClF5N4O3/c22-15-8-13(3-4-16(15)23)31(20(33)30-6-5-14(32)10-30)9-12-2-1-11(7-17(12)24)18-28-29-19(34-18)21(25,26)27/h1-4,7-8,14,32H,5-6,9-10H2/t14-/m1/s1. The molecule has 13 heteroatoms. The number of β-amino-alcohol motifs (C(OH)–C–C–N with tert-alkyl or cyclic N) is 1. The fraction of sp³-hybridized carbons (Fsp3) is 0.286. The molecule has 34 heavy (non-hydrogen) atoms. The Balaban J connectivity index is 1.63. The molecule has 0 unspecified atom stereocenters. The lowest BCUT2D eigenvalue weighted by Crippen LogP contribution is -2.42. The zero-order chi connectivity index (χ0) is 24.6. The molecule has 1 aliphatic rings. The smallest absolute Gasteiger partial charge is 0.413 e. The molecule has 1 atom stereocenters. The van der Waals surface area contributed by atoms with Crippen LogP contribution in [0.25, 0.3) is 11.5 Å². The molecule has 1 aromatic heterocycles. The number of aliphatic hydroxyl groups excluding tert-OH is 1. The number of nitrogens with zero attached hydrogens (tertiary/aromatic N) is 4. The van der Waals surface area contributed by atoms with Crippen LogP contribution in [0, 0.1) is 11.6 Å². The van der Waals surface area contributed by atoms with E-state index in [4.69, 9.17) is 11.6 Å². The molecule has 1 fully saturated rings. The second-order valence-electron chi connectivity index (χ2n) is 7.57. The van der Waals surface area contributed by atoms with E-state index in [1.54, 1.807) is 0 Å². The third kappa shape index (κ3) is 4.97. The van der Waals surface area contributed by atoms with Crippen molar-refractivity contribution in [1.82, 2.24) is 15.1 Å². The number of anilines is 1. The minimum atomic E-state index is -4.84. The number of benzene rings is 2. The third-order valence-electron chi connectivity index (χ3n) is 5.18. The van der Waals surface area contributed by atoms with E-state index in [0.717, 1.165) is 17.0 Å². The van der Waals surface area contributed by atoms with E-state index in [-0.39, 0.29) is 41.5 Å². The summed E-state index contributed by atoms with van der Waals surface area (Å²) in [5.74, 6) is -3.65. The van der Waals surface area contributed by atoms with Crippen molar-refractivity contribution in [2.45, 2.75) is 25.2 Å². The van der Waals surface area contributed by atoms with Crippen LogP contribution in [0.1, 0.15) is 17.9 Å². The Morgan fingerprint density at radius 3 is 2.53 bits per heavy atom. The van der Waals surface area contributed by atoms with E-state index in [0.29, 0.717) is 6.42 Å². The lowest BCUT2D eigenvalue weighted by atomic mass is 10.1. The lowest BCUT2D eigenvalue weighted by Gasteiger charge is -2.28. The Kier molecular flexibility index (Phi) is 6.45. The van der Waals surface area contributed by atoms with E-state index in [1.165, 1.54) is 29.2 Å². The van der Waals surface area contributed by atoms with Crippen molar-refractivity contribution in [3.8, 4) is 11.5 Å². The first-order valence-electron chi connectivity index (χ1n) is 9.92. The van der Waals surface area contributed by atoms with Crippen molar-refractivity contribution in [3.63, 3.8) is 0 Å². The van der Waals surface area contributed by atoms with Gasteiger partial charge in [-0.2, -0.15) is 13.2 Å². The van der Waals surface area contributed by atoms with E-state index in [1.807, 2.05) is 0 Å². The predicted octanol–water partition coefficient (Wildman–Crippen LogP) is 4.88. The van der Waals surface area contributed by atoms with Gasteiger partial charge in [-0.05, 0) is 36.8 Å². The number of aliphatic hydroxyl groups is 1. The molecule has 0 aliphatic carbocycles. The van der Waals surface area contributed by atoms with Gasteiger partial charge in [-0.1, -0.05) is 17.7 Å². The number of hydrogen-bond donors (Lipinski definition) is 1. The summed E-state index contributed by atoms with van der Waals surface area (Å²) < 4.78 is 71.2. The topological polar surface area (TPSA) is 82.7 Å². The second-order valence-corrected chi connectivity index (χ2v) is 7.98. The lowest BCUT2D eigenvalue weighted by molar-refractivity contribution is -0.156. The molecule has 2 heterocycles. The monoisotopic (exact) mass is 502 g/mol. The highest BCUT2D eigenvalue weighted by molar-refractivity contribution is 6.31. The number of alkyl halides is 3. The van der Waals surface area contributed by atoms with Crippen molar-refractivity contribution in [2.24, 2.45) is 0 Å². The van der Waals surface area contributed by atoms with Gasteiger partial charge in [-0.3, -0.25) is 4.90 Å². The van der Waals surface area contributed by atoms with Gasteiger partial charge in [0.1, 0.15) is 11.6 Å². The highest BCUT2D eigenvalue weighted by Gasteiger charge is 2.38. The van der Waals surface area contributed by atoms with Crippen LogP contribution in [-0.2, 0) is 12.7 Å². The third-order valence-corrected chi connectivity index (χ3v) is 5.47. The van der Waals surface area contributed by atoms with Crippen LogP contribution < -0.4 is 4.90 Å². The average molecular weight is 503 g/mol. The molecule has 180 valence electrons. The summed E-state index contributed by atoms with van der Waals surface area (Å²) in [4.78, 5) is 15.7. The fourth-order valence-corrected chi connectivity index (χ4v) is 3.62. The number of halogens is 6. The summed E-state index contributed by atoms with van der Waals surface area (Å²) in [6, 6.07) is 6.44. The molecule has 1 N–H and O–H groups in total. The van der Waals surface area contributed by atoms with E-state index in [9.17, 15) is 31.9 Å². The zero-order valence-corrected chi connectivity index (χ0v) is 17.9. The summed E-state index contributed by atoms with van der Waals surface area (Å²) in [5.41, 5.74) is 0.107. The van der Waals surface area contributed by atoms with Gasteiger partial charge < -0.3 is 14.4 Å². The Bertz CT molecular complexity index is 1220. The minimum Gasteiger partial charge on any atom is -0.413 e. The van der Waals surface area contributed by atoms with Gasteiger partial charge in [0, 0.05) is 29.9 Å². The van der Waals surface area contributed by atoms with Crippen molar-refractivity contribution in [1.29, 1.82) is 0 Å². The molecular formula is C21H16ClF5N4O3. The molecule has 2 amide bonds. The van der Waals surface area contributed by atoms with Crippen LogP contribution in [0.2, 0.25) is 5.02 Å². The van der Waals surface area contributed by atoms with E-state index in [2.05, 4.69) is 14.6 Å². The number of aromatic nitrogens is 2. The largest absolute Gasteiger partial charge is 0.470 e. The first-order valence-corrected chi connectivity index (χ1v) is 10.3. The number of carbonyl (C=O) groups excluding carboxylic acids is 1. The molecule has 3 aromatic rings. The number of rotatable bonds is 4. The molecule has 0 saturated carbocycles. The molecule has 0 spiro atoms. The molecule has 4 rings (SSSR count). The van der Waals surface area contributed by atoms with Crippen LogP contribution in [0.5, 0.6) is 0 Å². The Morgan fingerprint density at radius 2 is 1.94 bits per heavy atom. The minimum absolute atomic E-state index is 0.00727. The maximum atomic E-state index is 14.9. The van der Waals surface area contributed by atoms with Crippen LogP contribution >= 0.6 is 11.6 Å². The molecular weight excluding hydrogens is 487 g/mol. The number of hydrogen-bond acceptors (Lipinski definition) is 5. The molecule has 7 nitrogen and oxygen atoms in total. The molecule has 1 saturated heterocycles. The van der Waals surface area contributed by atoms with Crippen LogP contribution in [-0.4, -0.2) is 45.4 Å². The maximum absolute atomic E-state index is 14.9. The van der Waals surface area contributed by atoms with Gasteiger partial charge in [-0.25, -0.2) is 13.6 Å². The second kappa shape index (κ2) is 9.18. The summed E-state index contributed by atoms with van der Waals surface area (Å²) in [7, 11) is 0. The number of carbonyl (C=O) groups is 1. The maximum Gasteiger partial charge on any atom is 0.470 e. The van der Waals surface area contributed by atoms with Gasteiger partial charge in [0.25, 0.3) is 0 Å².